The van der Waals surface area contributed by atoms with E-state index in [2.05, 4.69) is 14.3 Å². The van der Waals surface area contributed by atoms with Gasteiger partial charge in [-0.1, -0.05) is 11.6 Å². The number of rotatable bonds is 3. The van der Waals surface area contributed by atoms with Gasteiger partial charge in [0.2, 0.25) is 17.5 Å². The molecule has 1 saturated carbocycles. The molecule has 2 atom stereocenters. The first kappa shape index (κ1) is 26.6. The van der Waals surface area contributed by atoms with Gasteiger partial charge >= 0.3 is 15.6 Å². The molecule has 2 aromatic heterocycles. The van der Waals surface area contributed by atoms with Crippen LogP contribution in [0.25, 0.3) is 11.6 Å². The maximum atomic E-state index is 13.3. The van der Waals surface area contributed by atoms with Gasteiger partial charge in [0.25, 0.3) is 0 Å². The Labute approximate surface area is 227 Å². The third-order valence-electron chi connectivity index (χ3n) is 8.99. The van der Waals surface area contributed by atoms with Crippen molar-refractivity contribution in [2.75, 3.05) is 33.0 Å². The minimum absolute atomic E-state index is 0.0390. The SMILES string of the molecule is O=S(=O)(Oc1nc(-c2onc3c2CCC[C@@]32CCCCC23OCCO3)nc2c1COC[C@]21CCOC1)C(F)(F)F. The maximum absolute atomic E-state index is 13.3. The van der Waals surface area contributed by atoms with E-state index in [1.807, 2.05) is 0 Å². The summed E-state index contributed by atoms with van der Waals surface area (Å²) in [6.07, 6.45) is 6.03. The van der Waals surface area contributed by atoms with Gasteiger partial charge in [0, 0.05) is 18.6 Å². The highest BCUT2D eigenvalue weighted by atomic mass is 32.2. The summed E-state index contributed by atoms with van der Waals surface area (Å²) < 4.78 is 98.3. The van der Waals surface area contributed by atoms with Crippen LogP contribution >= 0.6 is 0 Å². The highest BCUT2D eigenvalue weighted by Gasteiger charge is 2.61. The summed E-state index contributed by atoms with van der Waals surface area (Å²) in [6.45, 7) is 1.55. The molecule has 5 aliphatic rings. The van der Waals surface area contributed by atoms with Gasteiger partial charge in [-0.2, -0.15) is 26.6 Å². The number of alkyl halides is 3. The van der Waals surface area contributed by atoms with E-state index in [0.717, 1.165) is 44.1 Å². The molecule has 0 N–H and O–H groups in total. The molecule has 15 heteroatoms. The Kier molecular flexibility index (Phi) is 6.03. The Morgan fingerprint density at radius 1 is 0.850 bits per heavy atom. The Morgan fingerprint density at radius 3 is 2.35 bits per heavy atom. The summed E-state index contributed by atoms with van der Waals surface area (Å²) in [5.41, 5.74) is -5.20. The molecule has 7 rings (SSSR count). The van der Waals surface area contributed by atoms with Crippen molar-refractivity contribution in [3.63, 3.8) is 0 Å². The van der Waals surface area contributed by atoms with E-state index < -0.39 is 38.1 Å². The number of hydrogen-bond donors (Lipinski definition) is 0. The lowest BCUT2D eigenvalue weighted by Gasteiger charge is -2.50. The highest BCUT2D eigenvalue weighted by Crippen LogP contribution is 2.57. The predicted molar refractivity (Wildman–Crippen MR) is 128 cm³/mol. The zero-order valence-corrected chi connectivity index (χ0v) is 22.4. The topological polar surface area (TPSA) is 132 Å². The molecule has 3 aliphatic heterocycles. The van der Waals surface area contributed by atoms with E-state index in [0.29, 0.717) is 44.1 Å². The molecule has 0 unspecified atom stereocenters. The van der Waals surface area contributed by atoms with E-state index >= 15 is 0 Å². The highest BCUT2D eigenvalue weighted by molar-refractivity contribution is 7.87. The second-order valence-electron chi connectivity index (χ2n) is 11.2. The van der Waals surface area contributed by atoms with Crippen LogP contribution in [0.1, 0.15) is 67.5 Å². The first-order valence-electron chi connectivity index (χ1n) is 13.4. The Morgan fingerprint density at radius 2 is 1.60 bits per heavy atom. The molecule has 2 aromatic rings. The summed E-state index contributed by atoms with van der Waals surface area (Å²) in [4.78, 5) is 8.93. The van der Waals surface area contributed by atoms with Crippen LogP contribution in [0.5, 0.6) is 5.88 Å². The number of halogens is 3. The lowest BCUT2D eigenvalue weighted by Crippen LogP contribution is -2.56. The molecule has 0 bridgehead atoms. The minimum atomic E-state index is -6.02. The minimum Gasteiger partial charge on any atom is -0.380 e. The monoisotopic (exact) mass is 587 g/mol. The summed E-state index contributed by atoms with van der Waals surface area (Å²) >= 11 is 0. The fourth-order valence-electron chi connectivity index (χ4n) is 7.16. The summed E-state index contributed by atoms with van der Waals surface area (Å²) in [6, 6.07) is 0. The first-order valence-corrected chi connectivity index (χ1v) is 14.9. The van der Waals surface area contributed by atoms with E-state index in [9.17, 15) is 21.6 Å². The van der Waals surface area contributed by atoms with Gasteiger partial charge in [-0.25, -0.2) is 4.98 Å². The Bertz CT molecular complexity index is 1430. The van der Waals surface area contributed by atoms with Crippen molar-refractivity contribution in [1.29, 1.82) is 0 Å². The maximum Gasteiger partial charge on any atom is 0.534 e. The lowest BCUT2D eigenvalue weighted by molar-refractivity contribution is -0.231. The fraction of sp³-hybridized carbons (Fsp3) is 0.720. The molecule has 3 spiro atoms. The number of fused-ring (bicyclic) bond motifs is 5. The van der Waals surface area contributed by atoms with Gasteiger partial charge in [0.05, 0.1) is 60.8 Å². The molecular formula is C25H28F3N3O8S. The van der Waals surface area contributed by atoms with Gasteiger partial charge in [0.1, 0.15) is 0 Å². The molecule has 2 aliphatic carbocycles. The van der Waals surface area contributed by atoms with Gasteiger partial charge in [-0.3, -0.25) is 0 Å². The van der Waals surface area contributed by atoms with Crippen molar-refractivity contribution >= 4 is 10.1 Å². The molecule has 40 heavy (non-hydrogen) atoms. The smallest absolute Gasteiger partial charge is 0.380 e. The fourth-order valence-corrected chi connectivity index (χ4v) is 7.60. The second-order valence-corrected chi connectivity index (χ2v) is 12.7. The van der Waals surface area contributed by atoms with Gasteiger partial charge in [-0.15, -0.1) is 0 Å². The molecule has 11 nitrogen and oxygen atoms in total. The standard InChI is InChI=1S/C25H28F3N3O8S/c26-25(27,28)40(32,33)39-21-16-12-35-14-22(8-9-34-13-22)18(16)29-20(30-21)17-15-4-3-6-23(19(15)31-38-17)5-1-2-7-24(23)36-10-11-37-24/h1-14H2/t22-,23+/m1/s1. The summed E-state index contributed by atoms with van der Waals surface area (Å²) in [5, 5.41) is 4.47. The largest absolute Gasteiger partial charge is 0.534 e. The van der Waals surface area contributed by atoms with Crippen LogP contribution in [-0.4, -0.2) is 67.9 Å². The van der Waals surface area contributed by atoms with Crippen molar-refractivity contribution in [2.24, 2.45) is 0 Å². The third kappa shape index (κ3) is 3.77. The molecule has 0 radical (unpaired) electrons. The Hall–Kier alpha value is -2.33. The first-order chi connectivity index (χ1) is 19.1. The van der Waals surface area contributed by atoms with Crippen LogP contribution in [0.15, 0.2) is 4.52 Å². The zero-order chi connectivity index (χ0) is 27.8. The van der Waals surface area contributed by atoms with E-state index in [1.165, 1.54) is 0 Å². The van der Waals surface area contributed by atoms with Crippen LogP contribution < -0.4 is 4.18 Å². The van der Waals surface area contributed by atoms with Crippen molar-refractivity contribution in [3.8, 4) is 17.5 Å². The Balaban J connectivity index is 1.39. The van der Waals surface area contributed by atoms with Crippen molar-refractivity contribution < 1.29 is 49.2 Å². The predicted octanol–water partition coefficient (Wildman–Crippen LogP) is 3.44. The average Bonchev–Trinajstić information content (AvgIpc) is 3.67. The van der Waals surface area contributed by atoms with Crippen LogP contribution in [0.4, 0.5) is 13.2 Å². The van der Waals surface area contributed by atoms with Crippen LogP contribution in [-0.2, 0) is 52.9 Å². The van der Waals surface area contributed by atoms with Crippen molar-refractivity contribution in [1.82, 2.24) is 15.1 Å². The number of aromatic nitrogens is 3. The van der Waals surface area contributed by atoms with Crippen LogP contribution in [0, 0.1) is 0 Å². The zero-order valence-electron chi connectivity index (χ0n) is 21.5. The lowest BCUT2D eigenvalue weighted by atomic mass is 9.61. The van der Waals surface area contributed by atoms with Crippen LogP contribution in [0.2, 0.25) is 0 Å². The van der Waals surface area contributed by atoms with Crippen molar-refractivity contribution in [2.45, 2.75) is 80.1 Å². The quantitative estimate of drug-likeness (QED) is 0.386. The molecule has 0 aromatic carbocycles. The number of hydrogen-bond acceptors (Lipinski definition) is 11. The average molecular weight is 588 g/mol. The summed E-state index contributed by atoms with van der Waals surface area (Å²) in [5.74, 6) is -1.48. The van der Waals surface area contributed by atoms with Gasteiger partial charge in [0.15, 0.2) is 5.79 Å². The molecule has 0 amide bonds. The molecule has 218 valence electrons. The van der Waals surface area contributed by atoms with E-state index in [-0.39, 0.29) is 37.0 Å². The number of ether oxygens (including phenoxy) is 4. The van der Waals surface area contributed by atoms with Crippen molar-refractivity contribution in [3.05, 3.63) is 22.5 Å². The molecule has 2 saturated heterocycles. The van der Waals surface area contributed by atoms with E-state index in [1.54, 1.807) is 0 Å². The summed E-state index contributed by atoms with van der Waals surface area (Å²) in [7, 11) is -6.02. The molecular weight excluding hydrogens is 559 g/mol. The van der Waals surface area contributed by atoms with E-state index in [4.69, 9.17) is 28.5 Å². The van der Waals surface area contributed by atoms with Gasteiger partial charge < -0.3 is 27.7 Å². The van der Waals surface area contributed by atoms with Gasteiger partial charge in [-0.05, 0) is 38.5 Å². The normalized spacial score (nSPS) is 29.7. The third-order valence-corrected chi connectivity index (χ3v) is 9.93. The second kappa shape index (κ2) is 9.08. The van der Waals surface area contributed by atoms with Crippen LogP contribution in [0.3, 0.4) is 0 Å². The number of nitrogens with zero attached hydrogens (tertiary/aromatic N) is 3. The molecule has 5 heterocycles. The molecule has 3 fully saturated rings.